The maximum atomic E-state index is 13.6. The molecule has 1 aliphatic rings. The molecule has 0 atom stereocenters. The van der Waals surface area contributed by atoms with Crippen LogP contribution in [0.25, 0.3) is 0 Å². The molecule has 6 nitrogen and oxygen atoms in total. The van der Waals surface area contributed by atoms with Gasteiger partial charge in [0.25, 0.3) is 0 Å². The van der Waals surface area contributed by atoms with Gasteiger partial charge in [0.15, 0.2) is 0 Å². The van der Waals surface area contributed by atoms with E-state index in [1.165, 1.54) is 0 Å². The van der Waals surface area contributed by atoms with Crippen molar-refractivity contribution < 1.29 is 28.9 Å². The monoisotopic (exact) mass is 660 g/mol. The lowest BCUT2D eigenvalue weighted by Crippen LogP contribution is -2.14. The van der Waals surface area contributed by atoms with Crippen LogP contribution in [0.15, 0.2) is 133 Å². The van der Waals surface area contributed by atoms with Gasteiger partial charge in [-0.15, -0.1) is 0 Å². The number of hydrogen-bond donors (Lipinski definition) is 1. The van der Waals surface area contributed by atoms with E-state index in [1.54, 1.807) is 48.5 Å². The Bertz CT molecular complexity index is 2170. The molecule has 0 saturated heterocycles. The van der Waals surface area contributed by atoms with E-state index in [0.29, 0.717) is 60.5 Å². The Kier molecular flexibility index (Phi) is 9.43. The van der Waals surface area contributed by atoms with Gasteiger partial charge < -0.3 is 19.3 Å². The van der Waals surface area contributed by atoms with Crippen LogP contribution in [0.4, 0.5) is 0 Å². The lowest BCUT2D eigenvalue weighted by Gasteiger charge is -2.21. The van der Waals surface area contributed by atoms with Gasteiger partial charge in [-0.1, -0.05) is 109 Å². The number of phenolic OH excluding ortho intramolecular Hbond substituents is 1. The van der Waals surface area contributed by atoms with Gasteiger partial charge in [-0.05, 0) is 75.7 Å². The lowest BCUT2D eigenvalue weighted by atomic mass is 9.91. The average Bonchev–Trinajstić information content (AvgIpc) is 3.14. The van der Waals surface area contributed by atoms with Crippen molar-refractivity contribution >= 4 is 11.9 Å². The molecule has 7 rings (SSSR count). The number of benzene rings is 6. The second-order valence-corrected chi connectivity index (χ2v) is 12.3. The van der Waals surface area contributed by atoms with Gasteiger partial charge in [0.05, 0.1) is 17.7 Å². The van der Waals surface area contributed by atoms with Crippen molar-refractivity contribution in [2.75, 3.05) is 6.61 Å². The fourth-order valence-corrected chi connectivity index (χ4v) is 6.54. The van der Waals surface area contributed by atoms with Gasteiger partial charge in [0.1, 0.15) is 23.0 Å². The minimum absolute atomic E-state index is 0.193. The zero-order chi connectivity index (χ0) is 34.5. The molecule has 1 aliphatic carbocycles. The van der Waals surface area contributed by atoms with E-state index in [2.05, 4.69) is 0 Å². The summed E-state index contributed by atoms with van der Waals surface area (Å²) < 4.78 is 18.8. The number of aromatic hydroxyl groups is 1. The summed E-state index contributed by atoms with van der Waals surface area (Å²) in [5, 5.41) is 11.6. The van der Waals surface area contributed by atoms with Crippen molar-refractivity contribution in [2.24, 2.45) is 0 Å². The van der Waals surface area contributed by atoms with E-state index < -0.39 is 11.9 Å². The highest BCUT2D eigenvalue weighted by atomic mass is 16.5. The number of ether oxygens (including phenoxy) is 3. The zero-order valence-electron chi connectivity index (χ0n) is 27.7. The Morgan fingerprint density at radius 1 is 0.460 bits per heavy atom. The van der Waals surface area contributed by atoms with Crippen molar-refractivity contribution in [1.29, 1.82) is 0 Å². The second kappa shape index (κ2) is 14.5. The number of para-hydroxylation sites is 4. The van der Waals surface area contributed by atoms with E-state index in [-0.39, 0.29) is 5.75 Å². The van der Waals surface area contributed by atoms with Crippen LogP contribution >= 0.6 is 0 Å². The summed E-state index contributed by atoms with van der Waals surface area (Å²) in [6.07, 6.45) is 1.49. The first-order chi connectivity index (χ1) is 24.5. The normalized spacial score (nSPS) is 12.1. The number of carbonyl (C=O) groups excluding carboxylic acids is 2. The zero-order valence-corrected chi connectivity index (χ0v) is 27.7. The highest BCUT2D eigenvalue weighted by Gasteiger charge is 2.23. The molecule has 0 aliphatic heterocycles. The predicted molar refractivity (Wildman–Crippen MR) is 193 cm³/mol. The molecule has 0 heterocycles. The summed E-state index contributed by atoms with van der Waals surface area (Å²) in [5.41, 5.74) is 7.22. The third-order valence-electron chi connectivity index (χ3n) is 8.96. The predicted octanol–water partition coefficient (Wildman–Crippen LogP) is 8.91. The Morgan fingerprint density at radius 2 is 0.780 bits per heavy atom. The van der Waals surface area contributed by atoms with Gasteiger partial charge >= 0.3 is 11.9 Å². The SMILES string of the molecule is CCOc1c2cccc1Cc1cccc(c1OC(=O)c1ccccc1)Cc1cccc(c1OC(=O)c1ccccc1)Cc1cccc(c1O)C2. The number of fused-ring (bicyclic) bond motifs is 8. The van der Waals surface area contributed by atoms with E-state index >= 15 is 0 Å². The first-order valence-electron chi connectivity index (χ1n) is 16.8. The second-order valence-electron chi connectivity index (χ2n) is 12.3. The first-order valence-corrected chi connectivity index (χ1v) is 16.8. The van der Waals surface area contributed by atoms with Crippen LogP contribution in [0.1, 0.15) is 72.1 Å². The molecule has 1 N–H and O–H groups in total. The number of esters is 2. The maximum Gasteiger partial charge on any atom is 0.343 e. The molecule has 0 fully saturated rings. The van der Waals surface area contributed by atoms with Crippen molar-refractivity contribution in [3.8, 4) is 23.0 Å². The molecule has 6 heteroatoms. The van der Waals surface area contributed by atoms with Gasteiger partial charge in [-0.25, -0.2) is 9.59 Å². The topological polar surface area (TPSA) is 82.1 Å². The van der Waals surface area contributed by atoms with Crippen LogP contribution in [0.2, 0.25) is 0 Å². The summed E-state index contributed by atoms with van der Waals surface area (Å²) in [5.74, 6) is 0.850. The van der Waals surface area contributed by atoms with E-state index in [1.807, 2.05) is 91.9 Å². The summed E-state index contributed by atoms with van der Waals surface area (Å²) >= 11 is 0. The van der Waals surface area contributed by atoms with Gasteiger partial charge in [-0.3, -0.25) is 0 Å². The van der Waals surface area contributed by atoms with Gasteiger partial charge in [0, 0.05) is 25.7 Å². The van der Waals surface area contributed by atoms with E-state index in [4.69, 9.17) is 14.2 Å². The molecule has 0 unspecified atom stereocenters. The molecule has 0 aromatic heterocycles. The number of hydrogen-bond acceptors (Lipinski definition) is 6. The molecule has 6 aromatic carbocycles. The van der Waals surface area contributed by atoms with E-state index in [0.717, 1.165) is 44.7 Å². The summed E-state index contributed by atoms with van der Waals surface area (Å²) in [4.78, 5) is 27.1. The van der Waals surface area contributed by atoms with Crippen LogP contribution in [0, 0.1) is 0 Å². The van der Waals surface area contributed by atoms with Gasteiger partial charge in [-0.2, -0.15) is 0 Å². The molecule has 248 valence electrons. The smallest absolute Gasteiger partial charge is 0.343 e. The summed E-state index contributed by atoms with van der Waals surface area (Å²) in [6, 6.07) is 41.2. The largest absolute Gasteiger partial charge is 0.507 e. The van der Waals surface area contributed by atoms with Crippen LogP contribution in [-0.4, -0.2) is 23.7 Å². The Hall–Kier alpha value is -6.14. The first kappa shape index (κ1) is 32.4. The highest BCUT2D eigenvalue weighted by molar-refractivity contribution is 5.92. The lowest BCUT2D eigenvalue weighted by molar-refractivity contribution is 0.0724. The quantitative estimate of drug-likeness (QED) is 0.142. The van der Waals surface area contributed by atoms with Crippen LogP contribution in [-0.2, 0) is 25.7 Å². The minimum Gasteiger partial charge on any atom is -0.507 e. The molecule has 8 bridgehead atoms. The third kappa shape index (κ3) is 6.87. The van der Waals surface area contributed by atoms with Crippen LogP contribution < -0.4 is 14.2 Å². The molecular weight excluding hydrogens is 624 g/mol. The van der Waals surface area contributed by atoms with Crippen molar-refractivity contribution in [3.05, 3.63) is 189 Å². The molecule has 0 saturated carbocycles. The Labute approximate surface area is 291 Å². The summed E-state index contributed by atoms with van der Waals surface area (Å²) in [7, 11) is 0. The van der Waals surface area contributed by atoms with E-state index in [9.17, 15) is 14.7 Å². The Balaban J connectivity index is 1.42. The highest BCUT2D eigenvalue weighted by Crippen LogP contribution is 2.39. The third-order valence-corrected chi connectivity index (χ3v) is 8.96. The summed E-state index contributed by atoms with van der Waals surface area (Å²) in [6.45, 7) is 2.42. The molecular formula is C44H36O6. The molecule has 0 radical (unpaired) electrons. The molecule has 0 spiro atoms. The molecule has 50 heavy (non-hydrogen) atoms. The standard InChI is InChI=1S/C44H36O6/c1-2-48-40-33-19-10-20-34(40)27-36-22-12-24-38(42(36)50-44(47)30-15-7-4-8-16-30)28-37-23-11-21-35(26-32-18-9-17-31(25-33)39(32)45)41(37)49-43(46)29-13-5-3-6-14-29/h3-24,45H,2,25-28H2,1H3. The molecule has 6 aromatic rings. The van der Waals surface area contributed by atoms with Gasteiger partial charge in [0.2, 0.25) is 0 Å². The number of phenols is 1. The van der Waals surface area contributed by atoms with Crippen LogP contribution in [0.3, 0.4) is 0 Å². The molecule has 0 amide bonds. The number of carbonyl (C=O) groups is 2. The fourth-order valence-electron chi connectivity index (χ4n) is 6.54. The Morgan fingerprint density at radius 3 is 1.14 bits per heavy atom. The van der Waals surface area contributed by atoms with Crippen LogP contribution in [0.5, 0.6) is 23.0 Å². The van der Waals surface area contributed by atoms with Crippen molar-refractivity contribution in [3.63, 3.8) is 0 Å². The minimum atomic E-state index is -0.488. The fraction of sp³-hybridized carbons (Fsp3) is 0.136. The maximum absolute atomic E-state index is 13.6. The van der Waals surface area contributed by atoms with Crippen molar-refractivity contribution in [2.45, 2.75) is 32.6 Å². The number of rotatable bonds is 6. The van der Waals surface area contributed by atoms with Crippen molar-refractivity contribution in [1.82, 2.24) is 0 Å². The average molecular weight is 661 g/mol.